The summed E-state index contributed by atoms with van der Waals surface area (Å²) in [5.74, 6) is -0.868. The van der Waals surface area contributed by atoms with Crippen LogP contribution in [-0.2, 0) is 17.6 Å². The first-order valence-electron chi connectivity index (χ1n) is 9.66. The molecular weight excluding hydrogens is 374 g/mol. The maximum Gasteiger partial charge on any atom is 0.409 e. The summed E-state index contributed by atoms with van der Waals surface area (Å²) in [5.41, 5.74) is 6.04. The van der Waals surface area contributed by atoms with Crippen molar-refractivity contribution in [2.24, 2.45) is 0 Å². The predicted molar refractivity (Wildman–Crippen MR) is 109 cm³/mol. The highest BCUT2D eigenvalue weighted by atomic mass is 32.1. The average molecular weight is 397 g/mol. The van der Waals surface area contributed by atoms with Crippen LogP contribution >= 0.6 is 11.3 Å². The molecule has 1 aromatic heterocycles. The normalized spacial score (nSPS) is 16.2. The third kappa shape index (κ3) is 3.44. The molecule has 28 heavy (non-hydrogen) atoms. The largest absolute Gasteiger partial charge is 0.477 e. The standard InChI is InChI=1S/C22H23NO4S/c1-2-27-22(26)23-11-9-15(10-12-23)20-16-6-4-3-5-14(16)7-8-18-17(20)13-19(28-18)21(24)25/h3-6,13H,2,7-12H2,1H3,(H,24,25). The molecule has 1 amide bonds. The van der Waals surface area contributed by atoms with Crippen molar-refractivity contribution in [2.75, 3.05) is 19.7 Å². The van der Waals surface area contributed by atoms with Gasteiger partial charge in [0.1, 0.15) is 4.88 Å². The van der Waals surface area contributed by atoms with Gasteiger partial charge in [0.25, 0.3) is 0 Å². The Bertz CT molecular complexity index is 949. The molecule has 0 unspecified atom stereocenters. The number of fused-ring (bicyclic) bond motifs is 2. The quantitative estimate of drug-likeness (QED) is 0.804. The number of ether oxygens (including phenoxy) is 1. The van der Waals surface area contributed by atoms with Crippen molar-refractivity contribution in [2.45, 2.75) is 32.6 Å². The van der Waals surface area contributed by atoms with Gasteiger partial charge in [-0.05, 0) is 60.9 Å². The Labute approximate surface area is 168 Å². The number of hydrogen-bond donors (Lipinski definition) is 1. The molecule has 2 aliphatic rings. The number of likely N-dealkylation sites (tertiary alicyclic amines) is 1. The van der Waals surface area contributed by atoms with Crippen LogP contribution in [0.4, 0.5) is 4.79 Å². The van der Waals surface area contributed by atoms with E-state index in [4.69, 9.17) is 4.74 Å². The van der Waals surface area contributed by atoms with Crippen LogP contribution in [0.2, 0.25) is 0 Å². The van der Waals surface area contributed by atoms with Crippen LogP contribution in [0.1, 0.15) is 51.0 Å². The summed E-state index contributed by atoms with van der Waals surface area (Å²) in [6.45, 7) is 3.46. The first-order valence-corrected chi connectivity index (χ1v) is 10.5. The lowest BCUT2D eigenvalue weighted by atomic mass is 9.87. The minimum absolute atomic E-state index is 0.253. The number of thiophene rings is 1. The van der Waals surface area contributed by atoms with Crippen LogP contribution in [0.15, 0.2) is 35.9 Å². The molecule has 146 valence electrons. The topological polar surface area (TPSA) is 66.8 Å². The Balaban J connectivity index is 1.76. The van der Waals surface area contributed by atoms with Gasteiger partial charge in [-0.2, -0.15) is 0 Å². The summed E-state index contributed by atoms with van der Waals surface area (Å²) in [6, 6.07) is 10.3. The second kappa shape index (κ2) is 7.80. The SMILES string of the molecule is CCOC(=O)N1CCC(=C2c3ccccc3CCc3sc(C(=O)O)cc32)CC1. The zero-order valence-electron chi connectivity index (χ0n) is 15.9. The van der Waals surface area contributed by atoms with E-state index in [9.17, 15) is 14.7 Å². The van der Waals surface area contributed by atoms with E-state index >= 15 is 0 Å². The van der Waals surface area contributed by atoms with Crippen molar-refractivity contribution < 1.29 is 19.4 Å². The van der Waals surface area contributed by atoms with Crippen LogP contribution in [0, 0.1) is 0 Å². The van der Waals surface area contributed by atoms with Crippen molar-refractivity contribution in [1.82, 2.24) is 4.90 Å². The number of carboxylic acid groups (broad SMARTS) is 1. The zero-order chi connectivity index (χ0) is 19.7. The molecule has 0 radical (unpaired) electrons. The van der Waals surface area contributed by atoms with Crippen LogP contribution in [0.25, 0.3) is 5.57 Å². The molecule has 0 bridgehead atoms. The Morgan fingerprint density at radius 1 is 1.11 bits per heavy atom. The van der Waals surface area contributed by atoms with Crippen LogP contribution in [0.5, 0.6) is 0 Å². The zero-order valence-corrected chi connectivity index (χ0v) is 16.7. The number of carbonyl (C=O) groups excluding carboxylic acids is 1. The average Bonchev–Trinajstić information content (AvgIpc) is 3.06. The number of benzene rings is 1. The maximum absolute atomic E-state index is 12.0. The molecule has 1 N–H and O–H groups in total. The number of aryl methyl sites for hydroxylation is 2. The summed E-state index contributed by atoms with van der Waals surface area (Å²) in [6.07, 6.45) is 3.07. The predicted octanol–water partition coefficient (Wildman–Crippen LogP) is 4.60. The lowest BCUT2D eigenvalue weighted by Gasteiger charge is -2.29. The summed E-state index contributed by atoms with van der Waals surface area (Å²) in [5, 5.41) is 9.48. The van der Waals surface area contributed by atoms with E-state index in [1.54, 1.807) is 4.90 Å². The summed E-state index contributed by atoms with van der Waals surface area (Å²) in [4.78, 5) is 26.9. The number of amides is 1. The van der Waals surface area contributed by atoms with E-state index in [0.717, 1.165) is 36.1 Å². The van der Waals surface area contributed by atoms with Crippen molar-refractivity contribution >= 4 is 29.0 Å². The van der Waals surface area contributed by atoms with E-state index in [1.165, 1.54) is 33.6 Å². The summed E-state index contributed by atoms with van der Waals surface area (Å²) >= 11 is 1.39. The van der Waals surface area contributed by atoms with Gasteiger partial charge in [-0.15, -0.1) is 11.3 Å². The molecule has 6 heteroatoms. The second-order valence-corrected chi connectivity index (χ2v) is 8.21. The fraction of sp³-hybridized carbons (Fsp3) is 0.364. The summed E-state index contributed by atoms with van der Waals surface area (Å²) < 4.78 is 5.13. The molecule has 2 aromatic rings. The van der Waals surface area contributed by atoms with Crippen LogP contribution in [0.3, 0.4) is 0 Å². The van der Waals surface area contributed by atoms with Crippen molar-refractivity contribution in [1.29, 1.82) is 0 Å². The number of aromatic carboxylic acids is 1. The molecule has 1 aromatic carbocycles. The molecular formula is C22H23NO4S. The number of hydrogen-bond acceptors (Lipinski definition) is 4. The lowest BCUT2D eigenvalue weighted by molar-refractivity contribution is 0.0702. The van der Waals surface area contributed by atoms with E-state index in [1.807, 2.05) is 19.1 Å². The first-order chi connectivity index (χ1) is 13.6. The monoisotopic (exact) mass is 397 g/mol. The van der Waals surface area contributed by atoms with Crippen LogP contribution in [-0.4, -0.2) is 41.8 Å². The third-order valence-electron chi connectivity index (χ3n) is 5.44. The molecule has 5 nitrogen and oxygen atoms in total. The van der Waals surface area contributed by atoms with E-state index in [2.05, 4.69) is 18.2 Å². The van der Waals surface area contributed by atoms with E-state index in [0.29, 0.717) is 24.6 Å². The van der Waals surface area contributed by atoms with Gasteiger partial charge in [-0.25, -0.2) is 9.59 Å². The smallest absolute Gasteiger partial charge is 0.409 e. The number of carbonyl (C=O) groups is 2. The Kier molecular flexibility index (Phi) is 5.22. The number of carboxylic acids is 1. The van der Waals surface area contributed by atoms with Gasteiger partial charge in [0.15, 0.2) is 0 Å². The molecule has 0 spiro atoms. The van der Waals surface area contributed by atoms with E-state index < -0.39 is 5.97 Å². The molecule has 1 aliphatic carbocycles. The number of nitrogens with zero attached hydrogens (tertiary/aromatic N) is 1. The number of rotatable bonds is 2. The Morgan fingerprint density at radius 2 is 1.86 bits per heavy atom. The number of piperidine rings is 1. The van der Waals surface area contributed by atoms with Gasteiger partial charge in [-0.1, -0.05) is 29.8 Å². The molecule has 0 atom stereocenters. The lowest BCUT2D eigenvalue weighted by Crippen LogP contribution is -2.37. The van der Waals surface area contributed by atoms with Crippen molar-refractivity contribution in [3.8, 4) is 0 Å². The first kappa shape index (κ1) is 18.7. The second-order valence-electron chi connectivity index (χ2n) is 7.07. The van der Waals surface area contributed by atoms with Gasteiger partial charge >= 0.3 is 12.1 Å². The molecule has 1 saturated heterocycles. The molecule has 1 fully saturated rings. The molecule has 2 heterocycles. The van der Waals surface area contributed by atoms with Gasteiger partial charge in [0, 0.05) is 18.0 Å². The minimum atomic E-state index is -0.868. The Morgan fingerprint density at radius 3 is 2.57 bits per heavy atom. The molecule has 4 rings (SSSR count). The van der Waals surface area contributed by atoms with Gasteiger partial charge in [-0.3, -0.25) is 0 Å². The minimum Gasteiger partial charge on any atom is -0.477 e. The van der Waals surface area contributed by atoms with Gasteiger partial charge in [0.2, 0.25) is 0 Å². The Hall–Kier alpha value is -2.60. The van der Waals surface area contributed by atoms with Gasteiger partial charge < -0.3 is 14.7 Å². The van der Waals surface area contributed by atoms with Crippen molar-refractivity contribution in [3.63, 3.8) is 0 Å². The highest BCUT2D eigenvalue weighted by molar-refractivity contribution is 7.14. The van der Waals surface area contributed by atoms with Gasteiger partial charge in [0.05, 0.1) is 6.61 Å². The molecule has 0 saturated carbocycles. The maximum atomic E-state index is 12.0. The molecule has 1 aliphatic heterocycles. The van der Waals surface area contributed by atoms with Crippen LogP contribution < -0.4 is 0 Å². The van der Waals surface area contributed by atoms with E-state index in [-0.39, 0.29) is 6.09 Å². The fourth-order valence-electron chi connectivity index (χ4n) is 4.11. The fourth-order valence-corrected chi connectivity index (χ4v) is 5.12. The highest BCUT2D eigenvalue weighted by Gasteiger charge is 2.28. The third-order valence-corrected chi connectivity index (χ3v) is 6.63. The highest BCUT2D eigenvalue weighted by Crippen LogP contribution is 2.41. The van der Waals surface area contributed by atoms with Crippen molar-refractivity contribution in [3.05, 3.63) is 62.3 Å². The summed E-state index contributed by atoms with van der Waals surface area (Å²) in [7, 11) is 0.